The van der Waals surface area contributed by atoms with Crippen LogP contribution in [0.5, 0.6) is 11.5 Å². The van der Waals surface area contributed by atoms with Crippen LogP contribution in [0.15, 0.2) is 109 Å². The van der Waals surface area contributed by atoms with Crippen molar-refractivity contribution in [3.05, 3.63) is 138 Å². The minimum absolute atomic E-state index is 0. The van der Waals surface area contributed by atoms with Crippen LogP contribution in [0.2, 0.25) is 0 Å². The number of pyridine rings is 2. The zero-order valence-electron chi connectivity index (χ0n) is 36.0. The molecule has 1 aliphatic rings. The van der Waals surface area contributed by atoms with Crippen molar-refractivity contribution in [3.63, 3.8) is 0 Å². The van der Waals surface area contributed by atoms with Gasteiger partial charge in [-0.15, -0.1) is 23.8 Å². The molecule has 7 heteroatoms. The van der Waals surface area contributed by atoms with E-state index in [-0.39, 0.29) is 60.9 Å². The molecule has 8 rings (SSSR count). The Balaban J connectivity index is 0.00000512. The van der Waals surface area contributed by atoms with Gasteiger partial charge >= 0.3 is 27.1 Å². The first kappa shape index (κ1) is 26.6. The van der Waals surface area contributed by atoms with E-state index in [1.165, 1.54) is 16.7 Å². The molecule has 0 spiro atoms. The van der Waals surface area contributed by atoms with Gasteiger partial charge in [0.15, 0.2) is 0 Å². The van der Waals surface area contributed by atoms with Crippen molar-refractivity contribution in [2.24, 2.45) is 0 Å². The molecule has 6 nitrogen and oxygen atoms in total. The van der Waals surface area contributed by atoms with Crippen molar-refractivity contribution in [3.8, 4) is 17.3 Å². The molecule has 0 N–H and O–H groups in total. The van der Waals surface area contributed by atoms with E-state index in [4.69, 9.17) is 24.3 Å². The van der Waals surface area contributed by atoms with Gasteiger partial charge in [0.2, 0.25) is 5.69 Å². The van der Waals surface area contributed by atoms with E-state index < -0.39 is 18.9 Å². The van der Waals surface area contributed by atoms with Gasteiger partial charge in [-0.1, -0.05) is 98.9 Å². The van der Waals surface area contributed by atoms with E-state index in [1.807, 2.05) is 53.2 Å². The molecule has 0 atom stereocenters. The number of nitrogens with zero attached hydrogens (tertiary/aromatic N) is 5. The number of hydrogen-bond acceptors (Lipinski definition) is 3. The summed E-state index contributed by atoms with van der Waals surface area (Å²) in [5.41, 5.74) is 5.33. The molecule has 3 aromatic heterocycles. The Morgan fingerprint density at radius 1 is 0.784 bits per heavy atom. The maximum Gasteiger partial charge on any atom is 2.00 e. The predicted octanol–water partition coefficient (Wildman–Crippen LogP) is 10.7. The summed E-state index contributed by atoms with van der Waals surface area (Å²) >= 11 is 0. The number of rotatable bonds is 5. The van der Waals surface area contributed by atoms with Gasteiger partial charge in [0.1, 0.15) is 11.5 Å². The average Bonchev–Trinajstić information content (AvgIpc) is 3.72. The zero-order valence-corrected chi connectivity index (χ0v) is 31.3. The fourth-order valence-corrected chi connectivity index (χ4v) is 6.09. The monoisotopic (exact) mass is 855 g/mol. The molecular weight excluding hydrogens is 810 g/mol. The molecule has 7 aromatic rings. The second-order valence-electron chi connectivity index (χ2n) is 14.4. The number of para-hydroxylation sites is 2. The summed E-state index contributed by atoms with van der Waals surface area (Å²) in [4.78, 5) is 9.47. The normalized spacial score (nSPS) is 15.0. The summed E-state index contributed by atoms with van der Waals surface area (Å²) in [5.74, 6) is 1.50. The zero-order chi connectivity index (χ0) is 40.8. The Labute approximate surface area is 323 Å². The number of benzene rings is 4. The maximum absolute atomic E-state index is 9.00. The Morgan fingerprint density at radius 2 is 1.53 bits per heavy atom. The van der Waals surface area contributed by atoms with Gasteiger partial charge in [0.25, 0.3) is 11.4 Å². The van der Waals surface area contributed by atoms with Gasteiger partial charge in [0, 0.05) is 57.7 Å². The molecular formula is C44H39N5OPt+2. The first-order valence-corrected chi connectivity index (χ1v) is 16.4. The number of aromatic nitrogens is 3. The fraction of sp³-hybridized carbons (Fsp3) is 0.205. The van der Waals surface area contributed by atoms with Crippen molar-refractivity contribution in [2.45, 2.75) is 59.2 Å². The third-order valence-corrected chi connectivity index (χ3v) is 8.82. The van der Waals surface area contributed by atoms with E-state index in [0.29, 0.717) is 22.9 Å². The summed E-state index contributed by atoms with van der Waals surface area (Å²) < 4.78 is 70.1. The van der Waals surface area contributed by atoms with E-state index in [1.54, 1.807) is 22.9 Å². The van der Waals surface area contributed by atoms with Crippen LogP contribution >= 0.6 is 0 Å². The van der Waals surface area contributed by atoms with Crippen molar-refractivity contribution >= 4 is 50.7 Å². The summed E-state index contributed by atoms with van der Waals surface area (Å²) in [5, 5.41) is 0.882. The topological polar surface area (TPSA) is 46.0 Å². The minimum Gasteiger partial charge on any atom is -0.509 e. The van der Waals surface area contributed by atoms with Crippen LogP contribution in [0.4, 0.5) is 22.7 Å². The fourth-order valence-electron chi connectivity index (χ4n) is 6.09. The van der Waals surface area contributed by atoms with Crippen LogP contribution in [-0.2, 0) is 31.9 Å². The number of fused-ring (bicyclic) bond motifs is 4. The van der Waals surface area contributed by atoms with E-state index in [0.717, 1.165) is 38.9 Å². The van der Waals surface area contributed by atoms with Crippen molar-refractivity contribution in [1.82, 2.24) is 23.7 Å². The van der Waals surface area contributed by atoms with Gasteiger partial charge < -0.3 is 9.30 Å². The summed E-state index contributed by atoms with van der Waals surface area (Å²) in [6.07, 6.45) is 3.58. The standard InChI is InChI=1S/C44H39N5O.Pt/c1-29-14-16-32(17-15-29)47-28-48(38-12-9-8-11-37(38)47)33-23-31(44(5,6)7)24-35(26-33)50-34-18-19-36-40(27-34)49(39-13-10-21-46-42(36)39)41-25-30(20-22-45-41)43(2,3)4;/h8-25H,1-7H3;/q;+2/i1D3,8D,9D,11D,12D;. The molecule has 0 amide bonds. The number of hydrogen-bond donors (Lipinski definition) is 0. The summed E-state index contributed by atoms with van der Waals surface area (Å²) in [6, 6.07) is 30.5. The van der Waals surface area contributed by atoms with Crippen molar-refractivity contribution in [2.75, 3.05) is 0 Å². The first-order valence-electron chi connectivity index (χ1n) is 19.9. The molecule has 0 saturated carbocycles. The molecule has 0 bridgehead atoms. The van der Waals surface area contributed by atoms with Crippen LogP contribution in [0.25, 0.3) is 27.8 Å². The van der Waals surface area contributed by atoms with Crippen LogP contribution in [-0.4, -0.2) is 20.5 Å². The molecule has 0 unspecified atom stereocenters. The van der Waals surface area contributed by atoms with E-state index in [9.17, 15) is 0 Å². The van der Waals surface area contributed by atoms with Gasteiger partial charge in [-0.2, -0.15) is 6.07 Å². The SMILES string of the molecule is [2H]c1c([2H])c([2H])c2c(c1[2H])[N+](c1[c-]c(Oc3[c-]c4c(cc3)c3ncccc3n4-c3cc(C(C)(C)C)ccn3)cc(C(C)(C)C)c1)=C=[N+]2c1ccc(C([2H])([2H])[2H])cc1.[Pt+2]. The molecule has 0 fully saturated rings. The van der Waals surface area contributed by atoms with Crippen LogP contribution in [0.1, 0.15) is 67.8 Å². The van der Waals surface area contributed by atoms with Crippen LogP contribution in [0, 0.1) is 19.0 Å². The third kappa shape index (κ3) is 6.35. The molecule has 0 aliphatic carbocycles. The molecule has 254 valence electrons. The van der Waals surface area contributed by atoms with Crippen LogP contribution < -0.4 is 13.9 Å². The first-order chi connectivity index (χ1) is 26.8. The maximum atomic E-state index is 9.00. The second kappa shape index (κ2) is 12.9. The third-order valence-electron chi connectivity index (χ3n) is 8.82. The molecule has 0 saturated heterocycles. The molecule has 4 heterocycles. The minimum atomic E-state index is -2.31. The van der Waals surface area contributed by atoms with E-state index in [2.05, 4.69) is 65.7 Å². The predicted molar refractivity (Wildman–Crippen MR) is 203 cm³/mol. The molecule has 1 aliphatic heterocycles. The molecule has 51 heavy (non-hydrogen) atoms. The smallest absolute Gasteiger partial charge is 0.509 e. The second-order valence-corrected chi connectivity index (χ2v) is 14.4. The quantitative estimate of drug-likeness (QED) is 0.128. The average molecular weight is 856 g/mol. The van der Waals surface area contributed by atoms with E-state index >= 15 is 0 Å². The van der Waals surface area contributed by atoms with Crippen molar-refractivity contribution < 1.29 is 35.4 Å². The largest absolute Gasteiger partial charge is 2.00 e. The van der Waals surface area contributed by atoms with Gasteiger partial charge in [-0.25, -0.2) is 4.98 Å². The van der Waals surface area contributed by atoms with Gasteiger partial charge in [-0.05, 0) is 52.1 Å². The Kier molecular flexibility index (Phi) is 6.72. The van der Waals surface area contributed by atoms with Crippen LogP contribution in [0.3, 0.4) is 0 Å². The molecule has 4 aromatic carbocycles. The number of aryl methyl sites for hydroxylation is 1. The Hall–Kier alpha value is -5.15. The van der Waals surface area contributed by atoms with Gasteiger partial charge in [-0.3, -0.25) is 4.98 Å². The van der Waals surface area contributed by atoms with Crippen molar-refractivity contribution in [1.29, 1.82) is 0 Å². The Morgan fingerprint density at radius 3 is 2.25 bits per heavy atom. The number of ether oxygens (including phenoxy) is 1. The Bertz CT molecular complexity index is 2870. The summed E-state index contributed by atoms with van der Waals surface area (Å²) in [6.45, 7) is 10.4. The van der Waals surface area contributed by atoms with Gasteiger partial charge in [0.05, 0.1) is 11.0 Å². The molecule has 0 radical (unpaired) electrons. The summed E-state index contributed by atoms with van der Waals surface area (Å²) in [7, 11) is 0.